The van der Waals surface area contributed by atoms with Crippen molar-refractivity contribution < 1.29 is 20.1 Å². The van der Waals surface area contributed by atoms with Crippen molar-refractivity contribution >= 4 is 5.91 Å². The number of allylic oxidation sites excluding steroid dienone is 6. The minimum Gasteiger partial charge on any atom is -0.394 e. The van der Waals surface area contributed by atoms with Crippen LogP contribution in [0.5, 0.6) is 0 Å². The monoisotopic (exact) mass is 816 g/mol. The SMILES string of the molecule is CC/C=C/CC/C=C/CCCC(O)C(O)C(CO)NC(=O)CCCCCCCCCCCCCCCCCCC/C=C\CCCCCCCCCCCCCCCC. The van der Waals surface area contributed by atoms with Crippen LogP contribution >= 0.6 is 0 Å². The molecule has 0 aromatic rings. The summed E-state index contributed by atoms with van der Waals surface area (Å²) in [5, 5.41) is 33.3. The zero-order valence-electron chi connectivity index (χ0n) is 38.9. The van der Waals surface area contributed by atoms with Gasteiger partial charge < -0.3 is 20.6 Å². The maximum Gasteiger partial charge on any atom is 0.220 e. The van der Waals surface area contributed by atoms with Crippen LogP contribution in [0.15, 0.2) is 36.5 Å². The van der Waals surface area contributed by atoms with Crippen LogP contribution in [0.2, 0.25) is 0 Å². The van der Waals surface area contributed by atoms with E-state index in [9.17, 15) is 20.1 Å². The van der Waals surface area contributed by atoms with Crippen LogP contribution in [0.3, 0.4) is 0 Å². The fourth-order valence-electron chi connectivity index (χ4n) is 8.01. The Morgan fingerprint density at radius 2 is 0.759 bits per heavy atom. The fourth-order valence-corrected chi connectivity index (χ4v) is 8.01. The molecule has 0 aliphatic heterocycles. The summed E-state index contributed by atoms with van der Waals surface area (Å²) >= 11 is 0. The molecule has 0 radical (unpaired) electrons. The molecule has 3 atom stereocenters. The van der Waals surface area contributed by atoms with Gasteiger partial charge >= 0.3 is 0 Å². The maximum absolute atomic E-state index is 12.4. The van der Waals surface area contributed by atoms with Crippen LogP contribution in [0.25, 0.3) is 0 Å². The van der Waals surface area contributed by atoms with E-state index in [2.05, 4.69) is 55.6 Å². The second-order valence-corrected chi connectivity index (χ2v) is 17.7. The summed E-state index contributed by atoms with van der Waals surface area (Å²) < 4.78 is 0. The summed E-state index contributed by atoms with van der Waals surface area (Å²) in [5.41, 5.74) is 0. The first kappa shape index (κ1) is 56.6. The Morgan fingerprint density at radius 3 is 1.14 bits per heavy atom. The zero-order valence-corrected chi connectivity index (χ0v) is 38.9. The van der Waals surface area contributed by atoms with Crippen molar-refractivity contribution in [2.75, 3.05) is 6.61 Å². The number of aliphatic hydroxyl groups is 3. The Bertz CT molecular complexity index is 901. The lowest BCUT2D eigenvalue weighted by Gasteiger charge is -2.26. The van der Waals surface area contributed by atoms with E-state index >= 15 is 0 Å². The predicted molar refractivity (Wildman–Crippen MR) is 254 cm³/mol. The van der Waals surface area contributed by atoms with Crippen LogP contribution in [-0.4, -0.2) is 46.1 Å². The Labute approximate surface area is 362 Å². The third-order valence-electron chi connectivity index (χ3n) is 12.0. The minimum absolute atomic E-state index is 0.158. The number of unbranched alkanes of at least 4 members (excludes halogenated alkanes) is 33. The predicted octanol–water partition coefficient (Wildman–Crippen LogP) is 15.5. The van der Waals surface area contributed by atoms with E-state index in [4.69, 9.17) is 0 Å². The number of aliphatic hydroxyl groups excluding tert-OH is 3. The minimum atomic E-state index is -1.16. The Kier molecular flexibility index (Phi) is 47.0. The molecule has 0 fully saturated rings. The molecule has 0 aromatic heterocycles. The highest BCUT2D eigenvalue weighted by molar-refractivity contribution is 5.76. The van der Waals surface area contributed by atoms with Crippen molar-refractivity contribution in [1.82, 2.24) is 5.32 Å². The van der Waals surface area contributed by atoms with E-state index in [-0.39, 0.29) is 12.5 Å². The van der Waals surface area contributed by atoms with Crippen LogP contribution in [0.1, 0.15) is 271 Å². The van der Waals surface area contributed by atoms with Gasteiger partial charge in [-0.05, 0) is 70.6 Å². The fraction of sp³-hybridized carbons (Fsp3) is 0.868. The quantitative estimate of drug-likeness (QED) is 0.0364. The van der Waals surface area contributed by atoms with Crippen LogP contribution in [0, 0.1) is 0 Å². The van der Waals surface area contributed by atoms with Crippen LogP contribution < -0.4 is 5.32 Å². The first-order valence-electron chi connectivity index (χ1n) is 25.8. The van der Waals surface area contributed by atoms with Gasteiger partial charge in [0.25, 0.3) is 0 Å². The van der Waals surface area contributed by atoms with Gasteiger partial charge in [0.1, 0.15) is 6.10 Å². The van der Waals surface area contributed by atoms with Gasteiger partial charge in [-0.25, -0.2) is 0 Å². The number of hydrogen-bond donors (Lipinski definition) is 4. The molecule has 0 aromatic carbocycles. The van der Waals surface area contributed by atoms with Crippen molar-refractivity contribution in [2.45, 2.75) is 289 Å². The summed E-state index contributed by atoms with van der Waals surface area (Å²) in [4.78, 5) is 12.4. The molecule has 0 spiro atoms. The number of nitrogens with one attached hydrogen (secondary N) is 1. The van der Waals surface area contributed by atoms with Gasteiger partial charge in [0.15, 0.2) is 0 Å². The molecule has 5 nitrogen and oxygen atoms in total. The van der Waals surface area contributed by atoms with Gasteiger partial charge in [-0.15, -0.1) is 0 Å². The molecule has 0 aliphatic carbocycles. The molecule has 0 bridgehead atoms. The number of rotatable bonds is 47. The standard InChI is InChI=1S/C53H101NO4/c1-3-5-7-9-11-13-14-15-16-17-18-19-20-21-22-23-24-25-26-27-28-29-30-31-32-33-34-35-36-37-38-40-42-44-46-48-52(57)54-50(49-55)53(58)51(56)47-45-43-41-39-12-10-8-6-4-2/h6,8,23-24,39,41,50-51,53,55-56,58H,3-5,7,9-22,25-38,40,42-49H2,1-2H3,(H,54,57)/b8-6+,24-23-,41-39+. The van der Waals surface area contributed by atoms with Gasteiger partial charge in [-0.1, -0.05) is 230 Å². The van der Waals surface area contributed by atoms with E-state index in [0.717, 1.165) is 51.4 Å². The molecule has 0 aliphatic rings. The van der Waals surface area contributed by atoms with E-state index in [0.29, 0.717) is 12.8 Å². The molecule has 0 saturated heterocycles. The Hall–Kier alpha value is -1.43. The number of carbonyl (C=O) groups is 1. The van der Waals surface area contributed by atoms with Crippen molar-refractivity contribution in [2.24, 2.45) is 0 Å². The van der Waals surface area contributed by atoms with Crippen molar-refractivity contribution in [3.05, 3.63) is 36.5 Å². The normalized spacial score (nSPS) is 13.7. The number of hydrogen-bond acceptors (Lipinski definition) is 4. The second kappa shape index (κ2) is 48.2. The number of carbonyl (C=O) groups excluding carboxylic acids is 1. The van der Waals surface area contributed by atoms with E-state index in [1.807, 2.05) is 0 Å². The molecule has 0 saturated carbocycles. The third-order valence-corrected chi connectivity index (χ3v) is 12.0. The second-order valence-electron chi connectivity index (χ2n) is 17.7. The van der Waals surface area contributed by atoms with E-state index in [1.165, 1.54) is 193 Å². The maximum atomic E-state index is 12.4. The lowest BCUT2D eigenvalue weighted by atomic mass is 10.0. The molecule has 58 heavy (non-hydrogen) atoms. The zero-order chi connectivity index (χ0) is 42.3. The molecular weight excluding hydrogens is 715 g/mol. The van der Waals surface area contributed by atoms with Crippen LogP contribution in [0.4, 0.5) is 0 Å². The van der Waals surface area contributed by atoms with Gasteiger partial charge in [0.2, 0.25) is 5.91 Å². The topological polar surface area (TPSA) is 89.8 Å². The van der Waals surface area contributed by atoms with E-state index in [1.54, 1.807) is 0 Å². The van der Waals surface area contributed by atoms with Gasteiger partial charge in [0, 0.05) is 6.42 Å². The lowest BCUT2D eigenvalue weighted by molar-refractivity contribution is -0.124. The molecule has 0 heterocycles. The Balaban J connectivity index is 3.43. The number of amides is 1. The summed E-state index contributed by atoms with van der Waals surface area (Å²) in [6.07, 6.45) is 61.9. The molecule has 3 unspecified atom stereocenters. The summed E-state index contributed by atoms with van der Waals surface area (Å²) in [6.45, 7) is 4.05. The third kappa shape index (κ3) is 42.7. The summed E-state index contributed by atoms with van der Waals surface area (Å²) in [6, 6.07) is -0.829. The largest absolute Gasteiger partial charge is 0.394 e. The molecule has 342 valence electrons. The van der Waals surface area contributed by atoms with Gasteiger partial charge in [-0.2, -0.15) is 0 Å². The molecule has 4 N–H and O–H groups in total. The smallest absolute Gasteiger partial charge is 0.220 e. The summed E-state index contributed by atoms with van der Waals surface area (Å²) in [5.74, 6) is -0.158. The first-order valence-corrected chi connectivity index (χ1v) is 25.8. The molecule has 1 amide bonds. The van der Waals surface area contributed by atoms with Gasteiger partial charge in [-0.3, -0.25) is 4.79 Å². The molecule has 5 heteroatoms. The summed E-state index contributed by atoms with van der Waals surface area (Å²) in [7, 11) is 0. The van der Waals surface area contributed by atoms with Crippen molar-refractivity contribution in [3.63, 3.8) is 0 Å². The highest BCUT2D eigenvalue weighted by Gasteiger charge is 2.26. The average Bonchev–Trinajstić information content (AvgIpc) is 3.23. The highest BCUT2D eigenvalue weighted by atomic mass is 16.3. The van der Waals surface area contributed by atoms with Gasteiger partial charge in [0.05, 0.1) is 18.8 Å². The lowest BCUT2D eigenvalue weighted by Crippen LogP contribution is -2.50. The van der Waals surface area contributed by atoms with Crippen molar-refractivity contribution in [3.8, 4) is 0 Å². The Morgan fingerprint density at radius 1 is 0.431 bits per heavy atom. The van der Waals surface area contributed by atoms with Crippen molar-refractivity contribution in [1.29, 1.82) is 0 Å². The van der Waals surface area contributed by atoms with E-state index < -0.39 is 18.2 Å². The first-order chi connectivity index (χ1) is 28.6. The highest BCUT2D eigenvalue weighted by Crippen LogP contribution is 2.17. The average molecular weight is 816 g/mol. The van der Waals surface area contributed by atoms with Crippen LogP contribution in [-0.2, 0) is 4.79 Å². The molecule has 0 rings (SSSR count). The molecular formula is C53H101NO4.